The Morgan fingerprint density at radius 1 is 1.33 bits per heavy atom. The minimum atomic E-state index is 0. The number of benzene rings is 1. The van der Waals surface area contributed by atoms with E-state index in [0.717, 1.165) is 4.47 Å². The summed E-state index contributed by atoms with van der Waals surface area (Å²) in [6, 6.07) is 7.04. The van der Waals surface area contributed by atoms with E-state index in [4.69, 9.17) is 5.11 Å². The topological polar surface area (TPSA) is 20.2 Å². The van der Waals surface area contributed by atoms with Crippen LogP contribution in [0.25, 0.3) is 0 Å². The van der Waals surface area contributed by atoms with Crippen molar-refractivity contribution in [3.05, 3.63) is 28.7 Å². The summed E-state index contributed by atoms with van der Waals surface area (Å²) in [5.74, 6) is 0.285. The second kappa shape index (κ2) is 4.34. The largest absolute Gasteiger partial charge is 1.00 e. The van der Waals surface area contributed by atoms with Crippen LogP contribution in [0.15, 0.2) is 28.7 Å². The monoisotopic (exact) mass is 196 g/mol. The minimum Gasteiger partial charge on any atom is -1.00 e. The molecular weight excluding hydrogens is 191 g/mol. The summed E-state index contributed by atoms with van der Waals surface area (Å²) < 4.78 is 0.736. The molecule has 1 aromatic carbocycles. The summed E-state index contributed by atoms with van der Waals surface area (Å²) in [5, 5.41) is 8.87. The fourth-order valence-electron chi connectivity index (χ4n) is 0.452. The quantitative estimate of drug-likeness (QED) is 0.543. The van der Waals surface area contributed by atoms with Gasteiger partial charge in [-0.3, -0.25) is 0 Å². The molecule has 3 heteroatoms. The second-order valence-electron chi connectivity index (χ2n) is 1.45. The van der Waals surface area contributed by atoms with Crippen molar-refractivity contribution in [1.82, 2.24) is 0 Å². The number of rotatable bonds is 0. The first kappa shape index (κ1) is 9.50. The van der Waals surface area contributed by atoms with Crippen molar-refractivity contribution in [2.24, 2.45) is 0 Å². The molecule has 0 unspecified atom stereocenters. The average molecular weight is 197 g/mol. The Bertz CT molecular complexity index is 174. The number of phenolic OH excluding ortho intramolecular Hbond substituents is 1. The van der Waals surface area contributed by atoms with Gasteiger partial charge in [-0.2, -0.15) is 0 Å². The van der Waals surface area contributed by atoms with Crippen LogP contribution in [-0.2, 0) is 0 Å². The first-order valence-corrected chi connectivity index (χ1v) is 3.03. The van der Waals surface area contributed by atoms with E-state index >= 15 is 0 Å². The van der Waals surface area contributed by atoms with Crippen molar-refractivity contribution in [2.45, 2.75) is 0 Å². The van der Waals surface area contributed by atoms with Crippen LogP contribution in [0.1, 0.15) is 1.43 Å². The first-order valence-electron chi connectivity index (χ1n) is 2.24. The molecule has 9 heavy (non-hydrogen) atoms. The smallest absolute Gasteiger partial charge is 1.00 e. The summed E-state index contributed by atoms with van der Waals surface area (Å²) in [7, 11) is 0. The van der Waals surface area contributed by atoms with Gasteiger partial charge in [0.15, 0.2) is 0 Å². The van der Waals surface area contributed by atoms with Crippen molar-refractivity contribution in [3.63, 3.8) is 0 Å². The Kier molecular flexibility index (Phi) is 4.58. The molecule has 0 amide bonds. The Morgan fingerprint density at radius 2 is 1.89 bits per heavy atom. The van der Waals surface area contributed by atoms with Crippen LogP contribution < -0.4 is 29.6 Å². The van der Waals surface area contributed by atoms with Crippen molar-refractivity contribution >= 4 is 15.9 Å². The van der Waals surface area contributed by atoms with E-state index < -0.39 is 0 Å². The van der Waals surface area contributed by atoms with Gasteiger partial charge in [0.1, 0.15) is 5.75 Å². The SMILES string of the molecule is Oc1ccccc1Br.[H-].[Na+]. The molecule has 1 nitrogen and oxygen atoms in total. The summed E-state index contributed by atoms with van der Waals surface area (Å²) in [6.07, 6.45) is 0. The maximum atomic E-state index is 8.87. The van der Waals surface area contributed by atoms with Gasteiger partial charge in [0.25, 0.3) is 0 Å². The third-order valence-corrected chi connectivity index (χ3v) is 1.52. The molecule has 0 heterocycles. The number of para-hydroxylation sites is 1. The van der Waals surface area contributed by atoms with Gasteiger partial charge >= 0.3 is 29.6 Å². The predicted octanol–water partition coefficient (Wildman–Crippen LogP) is -0.729. The fourth-order valence-corrected chi connectivity index (χ4v) is 0.737. The normalized spacial score (nSPS) is 8.11. The van der Waals surface area contributed by atoms with E-state index in [1.54, 1.807) is 18.2 Å². The van der Waals surface area contributed by atoms with Gasteiger partial charge in [-0.25, -0.2) is 0 Å². The van der Waals surface area contributed by atoms with Crippen LogP contribution in [0.2, 0.25) is 0 Å². The second-order valence-corrected chi connectivity index (χ2v) is 2.31. The van der Waals surface area contributed by atoms with Crippen molar-refractivity contribution in [1.29, 1.82) is 0 Å². The molecule has 0 aliphatic carbocycles. The molecule has 0 saturated carbocycles. The number of hydrogen-bond donors (Lipinski definition) is 1. The summed E-state index contributed by atoms with van der Waals surface area (Å²) in [6.45, 7) is 0. The number of hydrogen-bond acceptors (Lipinski definition) is 1. The Labute approximate surface area is 86.0 Å². The average Bonchev–Trinajstić information content (AvgIpc) is 1.77. The molecule has 0 spiro atoms. The molecule has 0 atom stereocenters. The molecule has 1 aromatic rings. The fraction of sp³-hybridized carbons (Fsp3) is 0. The third kappa shape index (κ3) is 2.72. The maximum Gasteiger partial charge on any atom is 1.00 e. The molecule has 0 radical (unpaired) electrons. The minimum absolute atomic E-state index is 0. The molecule has 0 bridgehead atoms. The van der Waals surface area contributed by atoms with E-state index in [9.17, 15) is 0 Å². The van der Waals surface area contributed by atoms with Crippen LogP contribution in [-0.4, -0.2) is 5.11 Å². The Morgan fingerprint density at radius 3 is 2.22 bits per heavy atom. The number of aromatic hydroxyl groups is 1. The van der Waals surface area contributed by atoms with Gasteiger partial charge < -0.3 is 6.53 Å². The molecule has 1 rings (SSSR count). The van der Waals surface area contributed by atoms with E-state index in [0.29, 0.717) is 0 Å². The van der Waals surface area contributed by atoms with Crippen molar-refractivity contribution < 1.29 is 36.1 Å². The zero-order valence-electron chi connectivity index (χ0n) is 6.13. The Hall–Kier alpha value is 0.500. The molecule has 1 N–H and O–H groups in total. The van der Waals surface area contributed by atoms with E-state index in [1.807, 2.05) is 6.07 Å². The van der Waals surface area contributed by atoms with Gasteiger partial charge in [-0.15, -0.1) is 0 Å². The molecule has 44 valence electrons. The first-order chi connectivity index (χ1) is 3.80. The van der Waals surface area contributed by atoms with Crippen LogP contribution in [0, 0.1) is 0 Å². The maximum absolute atomic E-state index is 8.87. The zero-order chi connectivity index (χ0) is 5.98. The summed E-state index contributed by atoms with van der Waals surface area (Å²) in [4.78, 5) is 0. The molecular formula is C6H6BrNaO. The standard InChI is InChI=1S/C6H5BrO.Na.H/c7-5-3-1-2-4-6(5)8;;/h1-4,8H;;/q;+1;-1. The summed E-state index contributed by atoms with van der Waals surface area (Å²) >= 11 is 3.15. The van der Waals surface area contributed by atoms with E-state index in [1.165, 1.54) is 0 Å². The molecule has 0 fully saturated rings. The molecule has 0 aromatic heterocycles. The van der Waals surface area contributed by atoms with Gasteiger partial charge in [-0.05, 0) is 28.1 Å². The van der Waals surface area contributed by atoms with Gasteiger partial charge in [0.05, 0.1) is 4.47 Å². The van der Waals surface area contributed by atoms with Crippen LogP contribution in [0.5, 0.6) is 5.75 Å². The molecule has 0 aliphatic heterocycles. The van der Waals surface area contributed by atoms with Gasteiger partial charge in [-0.1, -0.05) is 12.1 Å². The Balaban J connectivity index is 0. The van der Waals surface area contributed by atoms with Crippen molar-refractivity contribution in [3.8, 4) is 5.75 Å². The van der Waals surface area contributed by atoms with Crippen LogP contribution in [0.4, 0.5) is 0 Å². The van der Waals surface area contributed by atoms with Gasteiger partial charge in [0.2, 0.25) is 0 Å². The van der Waals surface area contributed by atoms with Crippen LogP contribution in [0.3, 0.4) is 0 Å². The number of phenols is 1. The molecule has 0 aliphatic rings. The molecule has 0 saturated heterocycles. The summed E-state index contributed by atoms with van der Waals surface area (Å²) in [5.41, 5.74) is 0. The zero-order valence-corrected chi connectivity index (χ0v) is 8.72. The van der Waals surface area contributed by atoms with E-state index in [2.05, 4.69) is 15.9 Å². The predicted molar refractivity (Wildman–Crippen MR) is 36.9 cm³/mol. The number of halogens is 1. The van der Waals surface area contributed by atoms with E-state index in [-0.39, 0.29) is 36.7 Å². The van der Waals surface area contributed by atoms with Crippen LogP contribution >= 0.6 is 15.9 Å². The third-order valence-electron chi connectivity index (χ3n) is 0.852. The van der Waals surface area contributed by atoms with Gasteiger partial charge in [0, 0.05) is 0 Å². The van der Waals surface area contributed by atoms with Crippen molar-refractivity contribution in [2.75, 3.05) is 0 Å².